The highest BCUT2D eigenvalue weighted by molar-refractivity contribution is 7.09. The number of rotatable bonds is 5. The maximum absolute atomic E-state index is 12.6. The summed E-state index contributed by atoms with van der Waals surface area (Å²) in [5.74, 6) is -0.0747. The molecule has 0 aromatic carbocycles. The van der Waals surface area contributed by atoms with Crippen LogP contribution in [0.5, 0.6) is 0 Å². The number of thiazole rings is 1. The van der Waals surface area contributed by atoms with Crippen molar-refractivity contribution in [2.75, 3.05) is 32.8 Å². The van der Waals surface area contributed by atoms with E-state index in [-0.39, 0.29) is 18.5 Å². The van der Waals surface area contributed by atoms with Gasteiger partial charge in [0.15, 0.2) is 5.69 Å². The number of carbonyl (C=O) groups is 1. The quantitative estimate of drug-likeness (QED) is 0.894. The lowest BCUT2D eigenvalue weighted by molar-refractivity contribution is -0.141. The van der Waals surface area contributed by atoms with Crippen LogP contribution in [0.1, 0.15) is 30.1 Å². The number of ether oxygens (including phenoxy) is 1. The molecule has 1 saturated heterocycles. The van der Waals surface area contributed by atoms with Crippen LogP contribution >= 0.6 is 11.3 Å². The van der Waals surface area contributed by atoms with Crippen LogP contribution in [-0.4, -0.2) is 48.6 Å². The molecule has 1 aromatic rings. The largest absolute Gasteiger partial charge is 0.434 e. The molecule has 0 bridgehead atoms. The number of nitrogens with zero attached hydrogens (tertiary/aromatic N) is 2. The van der Waals surface area contributed by atoms with Gasteiger partial charge in [-0.2, -0.15) is 13.2 Å². The van der Waals surface area contributed by atoms with E-state index in [0.29, 0.717) is 37.7 Å². The van der Waals surface area contributed by atoms with Gasteiger partial charge in [0.1, 0.15) is 5.01 Å². The van der Waals surface area contributed by atoms with Gasteiger partial charge in [-0.05, 0) is 6.42 Å². The highest BCUT2D eigenvalue weighted by Gasteiger charge is 2.34. The van der Waals surface area contributed by atoms with E-state index in [1.54, 1.807) is 4.90 Å². The van der Waals surface area contributed by atoms with Gasteiger partial charge in [-0.1, -0.05) is 6.92 Å². The molecule has 1 atom stereocenters. The SMILES string of the molecule is CCC(NCC(=O)N1CCOCC1)c1nc(C(F)(F)F)cs1. The van der Waals surface area contributed by atoms with Gasteiger partial charge in [0.2, 0.25) is 5.91 Å². The van der Waals surface area contributed by atoms with Crippen LogP contribution in [0.15, 0.2) is 5.38 Å². The van der Waals surface area contributed by atoms with Crippen molar-refractivity contribution in [2.24, 2.45) is 0 Å². The molecule has 9 heteroatoms. The van der Waals surface area contributed by atoms with E-state index in [9.17, 15) is 18.0 Å². The molecule has 2 heterocycles. The van der Waals surface area contributed by atoms with Gasteiger partial charge in [0.05, 0.1) is 25.8 Å². The highest BCUT2D eigenvalue weighted by Crippen LogP contribution is 2.32. The fourth-order valence-electron chi connectivity index (χ4n) is 2.12. The maximum atomic E-state index is 12.6. The second-order valence-electron chi connectivity index (χ2n) is 4.90. The number of amides is 1. The van der Waals surface area contributed by atoms with Gasteiger partial charge >= 0.3 is 6.18 Å². The lowest BCUT2D eigenvalue weighted by Gasteiger charge is -2.27. The fraction of sp³-hybridized carbons (Fsp3) is 0.692. The molecule has 0 radical (unpaired) electrons. The molecule has 1 aliphatic rings. The van der Waals surface area contributed by atoms with Crippen molar-refractivity contribution in [3.63, 3.8) is 0 Å². The smallest absolute Gasteiger partial charge is 0.378 e. The Morgan fingerprint density at radius 1 is 1.50 bits per heavy atom. The Labute approximate surface area is 130 Å². The Kier molecular flexibility index (Phi) is 5.76. The zero-order valence-electron chi connectivity index (χ0n) is 12.2. The first-order chi connectivity index (χ1) is 10.4. The van der Waals surface area contributed by atoms with Gasteiger partial charge in [-0.3, -0.25) is 10.1 Å². The van der Waals surface area contributed by atoms with E-state index in [4.69, 9.17) is 4.74 Å². The first kappa shape index (κ1) is 17.2. The minimum atomic E-state index is -4.43. The van der Waals surface area contributed by atoms with Gasteiger partial charge in [-0.15, -0.1) is 11.3 Å². The Bertz CT molecular complexity index is 501. The molecule has 0 spiro atoms. The third-order valence-corrected chi connectivity index (χ3v) is 4.34. The lowest BCUT2D eigenvalue weighted by Crippen LogP contribution is -2.45. The average molecular weight is 337 g/mol. The zero-order valence-corrected chi connectivity index (χ0v) is 13.0. The van der Waals surface area contributed by atoms with Gasteiger partial charge in [0, 0.05) is 18.5 Å². The third-order valence-electron chi connectivity index (χ3n) is 3.38. The summed E-state index contributed by atoms with van der Waals surface area (Å²) in [4.78, 5) is 17.3. The lowest BCUT2D eigenvalue weighted by atomic mass is 10.2. The van der Waals surface area contributed by atoms with Crippen molar-refractivity contribution in [2.45, 2.75) is 25.6 Å². The molecule has 1 aromatic heterocycles. The summed E-state index contributed by atoms with van der Waals surface area (Å²) in [5.41, 5.74) is -0.882. The van der Waals surface area contributed by atoms with Crippen molar-refractivity contribution in [3.05, 3.63) is 16.1 Å². The van der Waals surface area contributed by atoms with Crippen LogP contribution < -0.4 is 5.32 Å². The summed E-state index contributed by atoms with van der Waals surface area (Å²) >= 11 is 0.958. The van der Waals surface area contributed by atoms with Crippen LogP contribution in [0.2, 0.25) is 0 Å². The standard InChI is InChI=1S/C13H18F3N3O2S/c1-2-9(12-18-10(8-22-12)13(14,15)16)17-7-11(20)19-3-5-21-6-4-19/h8-9,17H,2-7H2,1H3. The van der Waals surface area contributed by atoms with Crippen LogP contribution in [0.3, 0.4) is 0 Å². The number of hydrogen-bond acceptors (Lipinski definition) is 5. The number of halogens is 3. The van der Waals surface area contributed by atoms with E-state index in [1.807, 2.05) is 6.92 Å². The van der Waals surface area contributed by atoms with Crippen molar-refractivity contribution in [3.8, 4) is 0 Å². The molecule has 1 unspecified atom stereocenters. The number of aromatic nitrogens is 1. The molecule has 0 saturated carbocycles. The topological polar surface area (TPSA) is 54.5 Å². The molecule has 22 heavy (non-hydrogen) atoms. The molecule has 2 rings (SSSR count). The van der Waals surface area contributed by atoms with Crippen molar-refractivity contribution in [1.82, 2.24) is 15.2 Å². The van der Waals surface area contributed by atoms with E-state index in [2.05, 4.69) is 10.3 Å². The second kappa shape index (κ2) is 7.38. The number of hydrogen-bond donors (Lipinski definition) is 1. The van der Waals surface area contributed by atoms with Crippen LogP contribution in [0, 0.1) is 0 Å². The monoisotopic (exact) mass is 337 g/mol. The minimum absolute atomic E-state index is 0.0747. The van der Waals surface area contributed by atoms with E-state index in [1.165, 1.54) is 0 Å². The highest BCUT2D eigenvalue weighted by atomic mass is 32.1. The zero-order chi connectivity index (χ0) is 16.2. The van der Waals surface area contributed by atoms with Crippen LogP contribution in [0.4, 0.5) is 13.2 Å². The number of carbonyl (C=O) groups excluding carboxylic acids is 1. The third kappa shape index (κ3) is 4.40. The van der Waals surface area contributed by atoms with E-state index < -0.39 is 11.9 Å². The van der Waals surface area contributed by atoms with Crippen molar-refractivity contribution < 1.29 is 22.7 Å². The summed E-state index contributed by atoms with van der Waals surface area (Å²) in [6.45, 7) is 4.05. The van der Waals surface area contributed by atoms with Gasteiger partial charge < -0.3 is 9.64 Å². The molecule has 0 aliphatic carbocycles. The van der Waals surface area contributed by atoms with Crippen molar-refractivity contribution in [1.29, 1.82) is 0 Å². The van der Waals surface area contributed by atoms with Crippen molar-refractivity contribution >= 4 is 17.2 Å². The Morgan fingerprint density at radius 3 is 2.73 bits per heavy atom. The first-order valence-corrected chi connectivity index (χ1v) is 7.91. The predicted octanol–water partition coefficient (Wildman–Crippen LogP) is 2.06. The average Bonchev–Trinajstić information content (AvgIpc) is 2.98. The molecule has 124 valence electrons. The number of morpholine rings is 1. The van der Waals surface area contributed by atoms with Crippen LogP contribution in [0.25, 0.3) is 0 Å². The molecule has 1 amide bonds. The van der Waals surface area contributed by atoms with E-state index in [0.717, 1.165) is 16.7 Å². The second-order valence-corrected chi connectivity index (χ2v) is 5.79. The van der Waals surface area contributed by atoms with Gasteiger partial charge in [-0.25, -0.2) is 4.98 Å². The normalized spacial score (nSPS) is 17.5. The summed E-state index contributed by atoms with van der Waals surface area (Å²) in [5, 5.41) is 4.35. The summed E-state index contributed by atoms with van der Waals surface area (Å²) in [6.07, 6.45) is -3.88. The fourth-order valence-corrected chi connectivity index (χ4v) is 3.10. The molecular formula is C13H18F3N3O2S. The predicted molar refractivity (Wildman–Crippen MR) is 75.5 cm³/mol. The van der Waals surface area contributed by atoms with Gasteiger partial charge in [0.25, 0.3) is 0 Å². The minimum Gasteiger partial charge on any atom is -0.378 e. The maximum Gasteiger partial charge on any atom is 0.434 e. The summed E-state index contributed by atoms with van der Waals surface area (Å²) in [6, 6.07) is -0.355. The molecule has 1 N–H and O–H groups in total. The Morgan fingerprint density at radius 2 is 2.18 bits per heavy atom. The number of nitrogens with one attached hydrogen (secondary N) is 1. The summed E-state index contributed by atoms with van der Waals surface area (Å²) < 4.78 is 42.9. The summed E-state index contributed by atoms with van der Waals surface area (Å²) in [7, 11) is 0. The number of alkyl halides is 3. The molecular weight excluding hydrogens is 319 g/mol. The Balaban J connectivity index is 1.91. The molecule has 5 nitrogen and oxygen atoms in total. The Hall–Kier alpha value is -1.19. The van der Waals surface area contributed by atoms with Crippen LogP contribution in [-0.2, 0) is 15.7 Å². The first-order valence-electron chi connectivity index (χ1n) is 7.03. The van der Waals surface area contributed by atoms with E-state index >= 15 is 0 Å². The molecule has 1 fully saturated rings. The molecule has 1 aliphatic heterocycles.